The molecule has 0 fully saturated rings. The van der Waals surface area contributed by atoms with Crippen molar-refractivity contribution in [2.45, 2.75) is 26.9 Å². The quantitative estimate of drug-likeness (QED) is 0.635. The molecule has 0 amide bonds. The lowest BCUT2D eigenvalue weighted by molar-refractivity contribution is 0.575. The molecule has 1 aromatic carbocycles. The molecule has 5 heteroatoms. The number of aryl methyl sites for hydroxylation is 2. The molecule has 3 aromatic rings. The molecule has 21 heavy (non-hydrogen) atoms. The van der Waals surface area contributed by atoms with E-state index in [-0.39, 0.29) is 0 Å². The smallest absolute Gasteiger partial charge is 0.0828 e. The normalized spacial score (nSPS) is 11.0. The zero-order valence-electron chi connectivity index (χ0n) is 12.1. The molecular weight excluding hydrogens is 375 g/mol. The Balaban J connectivity index is 1.85. The van der Waals surface area contributed by atoms with Crippen molar-refractivity contribution >= 4 is 22.6 Å². The van der Waals surface area contributed by atoms with E-state index in [9.17, 15) is 0 Å². The molecule has 2 aromatic heterocycles. The van der Waals surface area contributed by atoms with E-state index in [0.29, 0.717) is 0 Å². The Morgan fingerprint density at radius 1 is 1.19 bits per heavy atom. The average molecular weight is 392 g/mol. The van der Waals surface area contributed by atoms with Crippen molar-refractivity contribution in [3.63, 3.8) is 0 Å². The van der Waals surface area contributed by atoms with Gasteiger partial charge in [-0.3, -0.25) is 9.36 Å². The van der Waals surface area contributed by atoms with Gasteiger partial charge in [-0.25, -0.2) is 0 Å². The summed E-state index contributed by atoms with van der Waals surface area (Å²) < 4.78 is 5.23. The van der Waals surface area contributed by atoms with Gasteiger partial charge in [-0.1, -0.05) is 12.1 Å². The van der Waals surface area contributed by atoms with E-state index >= 15 is 0 Å². The fourth-order valence-electron chi connectivity index (χ4n) is 2.43. The van der Waals surface area contributed by atoms with Gasteiger partial charge in [0.15, 0.2) is 0 Å². The molecule has 2 heterocycles. The van der Waals surface area contributed by atoms with Gasteiger partial charge in [0.05, 0.1) is 24.1 Å². The van der Waals surface area contributed by atoms with Crippen molar-refractivity contribution in [2.75, 3.05) is 0 Å². The van der Waals surface area contributed by atoms with Gasteiger partial charge in [0, 0.05) is 21.9 Å². The molecule has 0 N–H and O–H groups in total. The van der Waals surface area contributed by atoms with Crippen LogP contribution in [0.3, 0.4) is 0 Å². The Bertz CT molecular complexity index is 757. The average Bonchev–Trinajstić information content (AvgIpc) is 3.06. The number of aromatic nitrogens is 4. The second-order valence-electron chi connectivity index (χ2n) is 5.03. The highest BCUT2D eigenvalue weighted by Crippen LogP contribution is 2.21. The lowest BCUT2D eigenvalue weighted by Crippen LogP contribution is -2.08. The van der Waals surface area contributed by atoms with Gasteiger partial charge in [-0.2, -0.15) is 10.2 Å². The topological polar surface area (TPSA) is 35.6 Å². The zero-order valence-corrected chi connectivity index (χ0v) is 14.3. The minimum atomic E-state index is 0.749. The first kappa shape index (κ1) is 14.3. The van der Waals surface area contributed by atoms with Gasteiger partial charge in [0.25, 0.3) is 0 Å². The monoisotopic (exact) mass is 392 g/mol. The van der Waals surface area contributed by atoms with Crippen LogP contribution in [-0.2, 0) is 13.1 Å². The molecule has 0 spiro atoms. The number of nitrogens with zero attached hydrogens (tertiary/aromatic N) is 4. The predicted octanol–water partition coefficient (Wildman–Crippen LogP) is 3.73. The number of hydrogen-bond acceptors (Lipinski definition) is 2. The van der Waals surface area contributed by atoms with Crippen molar-refractivity contribution in [3.05, 3.63) is 57.7 Å². The third-order valence-electron chi connectivity index (χ3n) is 3.40. The molecule has 0 unspecified atom stereocenters. The van der Waals surface area contributed by atoms with E-state index < -0.39 is 0 Å². The molecule has 0 aliphatic carbocycles. The molecule has 0 saturated carbocycles. The highest BCUT2D eigenvalue weighted by Gasteiger charge is 2.07. The number of hydrogen-bond donors (Lipinski definition) is 0. The van der Waals surface area contributed by atoms with Gasteiger partial charge >= 0.3 is 0 Å². The van der Waals surface area contributed by atoms with Gasteiger partial charge in [-0.05, 0) is 60.2 Å². The maximum Gasteiger partial charge on any atom is 0.0828 e. The molecule has 0 atom stereocenters. The molecule has 108 valence electrons. The summed E-state index contributed by atoms with van der Waals surface area (Å²) in [5.74, 6) is 0. The predicted molar refractivity (Wildman–Crippen MR) is 92.1 cm³/mol. The van der Waals surface area contributed by atoms with Crippen LogP contribution in [0.25, 0.3) is 11.1 Å². The number of halogens is 1. The van der Waals surface area contributed by atoms with Crippen molar-refractivity contribution in [3.8, 4) is 11.1 Å². The van der Waals surface area contributed by atoms with Gasteiger partial charge in [0.2, 0.25) is 0 Å². The van der Waals surface area contributed by atoms with Crippen LogP contribution in [0.15, 0.2) is 42.7 Å². The first-order chi connectivity index (χ1) is 10.2. The first-order valence-corrected chi connectivity index (χ1v) is 8.05. The summed E-state index contributed by atoms with van der Waals surface area (Å²) in [6.45, 7) is 5.76. The SMILES string of the molecule is CCn1nc(C)cc1Cn1cc(-c2cccc(I)c2)cn1. The molecule has 0 aliphatic heterocycles. The van der Waals surface area contributed by atoms with Crippen molar-refractivity contribution in [1.82, 2.24) is 19.6 Å². The first-order valence-electron chi connectivity index (χ1n) is 6.97. The Kier molecular flexibility index (Phi) is 4.10. The Morgan fingerprint density at radius 2 is 2.05 bits per heavy atom. The minimum absolute atomic E-state index is 0.749. The number of benzene rings is 1. The molecule has 3 rings (SSSR count). The van der Waals surface area contributed by atoms with Crippen LogP contribution in [0.2, 0.25) is 0 Å². The lowest BCUT2D eigenvalue weighted by Gasteiger charge is -2.04. The van der Waals surface area contributed by atoms with E-state index in [4.69, 9.17) is 0 Å². The summed E-state index contributed by atoms with van der Waals surface area (Å²) in [5.41, 5.74) is 4.59. The van der Waals surface area contributed by atoms with E-state index in [0.717, 1.165) is 24.3 Å². The summed E-state index contributed by atoms with van der Waals surface area (Å²) in [6, 6.07) is 10.6. The van der Waals surface area contributed by atoms with Crippen LogP contribution < -0.4 is 0 Å². The molecule has 0 saturated heterocycles. The Hall–Kier alpha value is -1.63. The molecule has 4 nitrogen and oxygen atoms in total. The Morgan fingerprint density at radius 3 is 2.81 bits per heavy atom. The summed E-state index contributed by atoms with van der Waals surface area (Å²) in [4.78, 5) is 0. The molecule has 0 bridgehead atoms. The van der Waals surface area contributed by atoms with Gasteiger partial charge in [0.1, 0.15) is 0 Å². The highest BCUT2D eigenvalue weighted by atomic mass is 127. The van der Waals surface area contributed by atoms with Crippen molar-refractivity contribution < 1.29 is 0 Å². The van der Waals surface area contributed by atoms with Gasteiger partial charge in [-0.15, -0.1) is 0 Å². The molecular formula is C16H17IN4. The van der Waals surface area contributed by atoms with Gasteiger partial charge < -0.3 is 0 Å². The zero-order chi connectivity index (χ0) is 14.8. The summed E-state index contributed by atoms with van der Waals surface area (Å²) in [5, 5.41) is 8.95. The van der Waals surface area contributed by atoms with E-state index in [1.54, 1.807) is 0 Å². The van der Waals surface area contributed by atoms with Crippen LogP contribution >= 0.6 is 22.6 Å². The minimum Gasteiger partial charge on any atom is -0.268 e. The second kappa shape index (κ2) is 6.01. The van der Waals surface area contributed by atoms with Crippen LogP contribution in [0.1, 0.15) is 18.3 Å². The molecule has 0 aliphatic rings. The summed E-state index contributed by atoms with van der Waals surface area (Å²) in [7, 11) is 0. The summed E-state index contributed by atoms with van der Waals surface area (Å²) in [6.07, 6.45) is 4.01. The van der Waals surface area contributed by atoms with Crippen LogP contribution in [0.5, 0.6) is 0 Å². The van der Waals surface area contributed by atoms with Crippen LogP contribution in [0, 0.1) is 10.5 Å². The standard InChI is InChI=1S/C16H17IN4/c1-3-21-16(7-12(2)19-21)11-20-10-14(9-18-20)13-5-4-6-15(17)8-13/h4-10H,3,11H2,1-2H3. The van der Waals surface area contributed by atoms with E-state index in [1.165, 1.54) is 14.8 Å². The fraction of sp³-hybridized carbons (Fsp3) is 0.250. The largest absolute Gasteiger partial charge is 0.268 e. The van der Waals surface area contributed by atoms with Crippen molar-refractivity contribution in [2.24, 2.45) is 0 Å². The maximum absolute atomic E-state index is 4.48. The van der Waals surface area contributed by atoms with Crippen LogP contribution in [0.4, 0.5) is 0 Å². The Labute approximate surface area is 137 Å². The van der Waals surface area contributed by atoms with E-state index in [1.807, 2.05) is 22.5 Å². The lowest BCUT2D eigenvalue weighted by atomic mass is 10.1. The summed E-state index contributed by atoms with van der Waals surface area (Å²) >= 11 is 2.33. The molecule has 0 radical (unpaired) electrons. The third kappa shape index (κ3) is 3.18. The van der Waals surface area contributed by atoms with Crippen molar-refractivity contribution in [1.29, 1.82) is 0 Å². The maximum atomic E-state index is 4.48. The van der Waals surface area contributed by atoms with E-state index in [2.05, 4.69) is 76.2 Å². The number of rotatable bonds is 4. The van der Waals surface area contributed by atoms with Crippen LogP contribution in [-0.4, -0.2) is 19.6 Å². The second-order valence-corrected chi connectivity index (χ2v) is 6.28. The highest BCUT2D eigenvalue weighted by molar-refractivity contribution is 14.1. The third-order valence-corrected chi connectivity index (χ3v) is 4.07. The fourth-order valence-corrected chi connectivity index (χ4v) is 2.98.